The molecule has 0 N–H and O–H groups in total. The third-order valence-electron chi connectivity index (χ3n) is 4.81. The average Bonchev–Trinajstić information content (AvgIpc) is 3.04. The lowest BCUT2D eigenvalue weighted by Crippen LogP contribution is -2.51. The van der Waals surface area contributed by atoms with Gasteiger partial charge in [0.15, 0.2) is 5.72 Å². The van der Waals surface area contributed by atoms with Crippen molar-refractivity contribution in [2.45, 2.75) is 24.2 Å². The fraction of sp³-hybridized carbons (Fsp3) is 0.467. The van der Waals surface area contributed by atoms with Crippen molar-refractivity contribution in [3.05, 3.63) is 35.9 Å². The zero-order chi connectivity index (χ0) is 14.0. The van der Waals surface area contributed by atoms with Crippen LogP contribution in [0.3, 0.4) is 0 Å². The number of ether oxygens (including phenoxy) is 2. The van der Waals surface area contributed by atoms with Gasteiger partial charge in [-0.25, -0.2) is 4.79 Å². The summed E-state index contributed by atoms with van der Waals surface area (Å²) >= 11 is 0. The monoisotopic (exact) mass is 273 g/mol. The van der Waals surface area contributed by atoms with Crippen LogP contribution in [0.2, 0.25) is 0 Å². The lowest BCUT2D eigenvalue weighted by Gasteiger charge is -2.34. The van der Waals surface area contributed by atoms with Crippen molar-refractivity contribution < 1.29 is 19.1 Å². The van der Waals surface area contributed by atoms with Crippen LogP contribution in [0.5, 0.6) is 0 Å². The van der Waals surface area contributed by atoms with Crippen LogP contribution in [0.15, 0.2) is 30.3 Å². The molecule has 0 saturated carbocycles. The highest BCUT2D eigenvalue weighted by atomic mass is 16.6. The van der Waals surface area contributed by atoms with Gasteiger partial charge in [0.2, 0.25) is 5.60 Å². The van der Waals surface area contributed by atoms with Crippen LogP contribution >= 0.6 is 0 Å². The summed E-state index contributed by atoms with van der Waals surface area (Å²) in [5.74, 6) is -0.668. The van der Waals surface area contributed by atoms with Gasteiger partial charge in [0, 0.05) is 24.4 Å². The van der Waals surface area contributed by atoms with E-state index in [2.05, 4.69) is 0 Å². The highest BCUT2D eigenvalue weighted by molar-refractivity contribution is 6.09. The first kappa shape index (κ1) is 11.9. The van der Waals surface area contributed by atoms with Crippen molar-refractivity contribution in [2.75, 3.05) is 13.7 Å². The molecular formula is C15H15NO4. The number of nitrogens with zero attached hydrogens (tertiary/aromatic N) is 1. The molecule has 2 bridgehead atoms. The number of piperidine rings is 1. The van der Waals surface area contributed by atoms with Crippen LogP contribution in [-0.2, 0) is 24.8 Å². The molecular weight excluding hydrogens is 258 g/mol. The second-order valence-corrected chi connectivity index (χ2v) is 5.63. The molecule has 3 aliphatic heterocycles. The molecule has 0 unspecified atom stereocenters. The number of hydrogen-bond acceptors (Lipinski definition) is 4. The summed E-state index contributed by atoms with van der Waals surface area (Å²) in [6, 6.07) is 9.69. The maximum Gasteiger partial charge on any atom is 0.348 e. The van der Waals surface area contributed by atoms with Crippen molar-refractivity contribution >= 4 is 11.9 Å². The minimum Gasteiger partial charge on any atom is -0.466 e. The van der Waals surface area contributed by atoms with E-state index in [1.807, 2.05) is 30.3 Å². The highest BCUT2D eigenvalue weighted by Gasteiger charge is 2.77. The smallest absolute Gasteiger partial charge is 0.348 e. The van der Waals surface area contributed by atoms with Gasteiger partial charge in [0.05, 0.1) is 7.11 Å². The topological polar surface area (TPSA) is 55.8 Å². The Bertz CT molecular complexity index is 601. The van der Waals surface area contributed by atoms with E-state index in [1.165, 1.54) is 7.11 Å². The van der Waals surface area contributed by atoms with E-state index in [0.717, 1.165) is 12.0 Å². The third-order valence-corrected chi connectivity index (χ3v) is 4.81. The van der Waals surface area contributed by atoms with Gasteiger partial charge in [0.25, 0.3) is 5.91 Å². The molecule has 1 amide bonds. The standard InChI is InChI=1S/C15H15NO4/c1-19-13(18)14-9-11-7-8-16(12(14)17)15(11,20-14)10-5-3-2-4-6-10/h2-6,11H,7-9H2,1H3/t11-,14-,15+/m0/s1. The Morgan fingerprint density at radius 2 is 2.15 bits per heavy atom. The van der Waals surface area contributed by atoms with Crippen molar-refractivity contribution in [1.29, 1.82) is 0 Å². The van der Waals surface area contributed by atoms with Crippen LogP contribution in [0.4, 0.5) is 0 Å². The predicted octanol–water partition coefficient (Wildman–Crippen LogP) is 1.03. The largest absolute Gasteiger partial charge is 0.466 e. The first-order valence-corrected chi connectivity index (χ1v) is 6.81. The molecule has 104 valence electrons. The summed E-state index contributed by atoms with van der Waals surface area (Å²) < 4.78 is 10.9. The summed E-state index contributed by atoms with van der Waals surface area (Å²) in [5.41, 5.74) is -1.25. The molecule has 1 aromatic carbocycles. The number of fused-ring (bicyclic) bond motifs is 1. The molecule has 20 heavy (non-hydrogen) atoms. The van der Waals surface area contributed by atoms with Crippen LogP contribution in [0, 0.1) is 5.92 Å². The fourth-order valence-corrected chi connectivity index (χ4v) is 4.01. The Balaban J connectivity index is 1.88. The first-order chi connectivity index (χ1) is 9.65. The number of hydrogen-bond donors (Lipinski definition) is 0. The zero-order valence-electron chi connectivity index (χ0n) is 11.2. The van der Waals surface area contributed by atoms with E-state index in [-0.39, 0.29) is 11.8 Å². The molecule has 1 aromatic rings. The highest BCUT2D eigenvalue weighted by Crippen LogP contribution is 2.62. The summed E-state index contributed by atoms with van der Waals surface area (Å²) in [4.78, 5) is 26.4. The van der Waals surface area contributed by atoms with Crippen molar-refractivity contribution in [3.63, 3.8) is 0 Å². The Morgan fingerprint density at radius 3 is 2.85 bits per heavy atom. The number of amides is 1. The Kier molecular flexibility index (Phi) is 2.15. The van der Waals surface area contributed by atoms with Gasteiger partial charge in [-0.3, -0.25) is 4.79 Å². The SMILES string of the molecule is COC(=O)[C@]12C[C@@H]3CCN(C1=O)[C@]3(c1ccccc1)O2. The van der Waals surface area contributed by atoms with Crippen molar-refractivity contribution in [3.8, 4) is 0 Å². The van der Waals surface area contributed by atoms with Crippen molar-refractivity contribution in [2.24, 2.45) is 5.92 Å². The molecule has 4 rings (SSSR count). The Morgan fingerprint density at radius 1 is 1.40 bits per heavy atom. The lowest BCUT2D eigenvalue weighted by atomic mass is 9.82. The van der Waals surface area contributed by atoms with Crippen LogP contribution < -0.4 is 0 Å². The molecule has 3 atom stereocenters. The number of esters is 1. The quantitative estimate of drug-likeness (QED) is 0.596. The maximum absolute atomic E-state index is 12.6. The lowest BCUT2D eigenvalue weighted by molar-refractivity contribution is -0.170. The minimum absolute atomic E-state index is 0.154. The normalized spacial score (nSPS) is 37.5. The Hall–Kier alpha value is -1.88. The van der Waals surface area contributed by atoms with E-state index >= 15 is 0 Å². The van der Waals surface area contributed by atoms with Crippen LogP contribution in [0.25, 0.3) is 0 Å². The Labute approximate surface area is 116 Å². The summed E-state index contributed by atoms with van der Waals surface area (Å²) in [5, 5.41) is 0. The molecule has 5 nitrogen and oxygen atoms in total. The van der Waals surface area contributed by atoms with Gasteiger partial charge in [-0.05, 0) is 6.42 Å². The second kappa shape index (κ2) is 3.61. The molecule has 0 aliphatic carbocycles. The molecule has 0 aromatic heterocycles. The van der Waals surface area contributed by atoms with E-state index < -0.39 is 17.3 Å². The maximum atomic E-state index is 12.6. The average molecular weight is 273 g/mol. The minimum atomic E-state index is -1.42. The number of methoxy groups -OCH3 is 1. The van der Waals surface area contributed by atoms with Crippen LogP contribution in [-0.4, -0.2) is 36.0 Å². The number of carbonyl (C=O) groups is 2. The molecule has 0 spiro atoms. The third kappa shape index (κ3) is 1.09. The molecule has 3 aliphatic rings. The van der Waals surface area contributed by atoms with E-state index in [4.69, 9.17) is 9.47 Å². The number of rotatable bonds is 2. The van der Waals surface area contributed by atoms with Gasteiger partial charge in [-0.15, -0.1) is 0 Å². The molecule has 3 heterocycles. The van der Waals surface area contributed by atoms with E-state index in [9.17, 15) is 9.59 Å². The predicted molar refractivity (Wildman–Crippen MR) is 68.4 cm³/mol. The second-order valence-electron chi connectivity index (χ2n) is 5.63. The van der Waals surface area contributed by atoms with E-state index in [0.29, 0.717) is 13.0 Å². The van der Waals surface area contributed by atoms with Gasteiger partial charge >= 0.3 is 5.97 Å². The summed E-state index contributed by atoms with van der Waals surface area (Å²) in [7, 11) is 1.30. The molecule has 0 radical (unpaired) electrons. The van der Waals surface area contributed by atoms with Crippen molar-refractivity contribution in [1.82, 2.24) is 4.90 Å². The van der Waals surface area contributed by atoms with Crippen LogP contribution in [0.1, 0.15) is 18.4 Å². The van der Waals surface area contributed by atoms with E-state index in [1.54, 1.807) is 4.90 Å². The number of benzene rings is 1. The van der Waals surface area contributed by atoms with Gasteiger partial charge in [-0.2, -0.15) is 0 Å². The molecule has 5 heteroatoms. The van der Waals surface area contributed by atoms with Gasteiger partial charge in [-0.1, -0.05) is 30.3 Å². The van der Waals surface area contributed by atoms with Gasteiger partial charge in [0.1, 0.15) is 0 Å². The fourth-order valence-electron chi connectivity index (χ4n) is 4.01. The summed E-state index contributed by atoms with van der Waals surface area (Å²) in [6.45, 7) is 0.636. The summed E-state index contributed by atoms with van der Waals surface area (Å²) in [6.07, 6.45) is 1.28. The van der Waals surface area contributed by atoms with Gasteiger partial charge < -0.3 is 14.4 Å². The molecule has 3 fully saturated rings. The first-order valence-electron chi connectivity index (χ1n) is 6.81. The number of carbonyl (C=O) groups excluding carboxylic acids is 2. The molecule has 3 saturated heterocycles. The zero-order valence-corrected chi connectivity index (χ0v) is 11.2.